The van der Waals surface area contributed by atoms with E-state index in [0.29, 0.717) is 18.0 Å². The number of halogens is 1. The summed E-state index contributed by atoms with van der Waals surface area (Å²) in [4.78, 5) is 15.1. The van der Waals surface area contributed by atoms with Crippen molar-refractivity contribution >= 4 is 23.2 Å². The van der Waals surface area contributed by atoms with Gasteiger partial charge < -0.3 is 0 Å². The second-order valence-electron chi connectivity index (χ2n) is 7.83. The molecule has 4 nitrogen and oxygen atoms in total. The average Bonchev–Trinajstić information content (AvgIpc) is 3.09. The number of hydrogen-bond acceptors (Lipinski definition) is 3. The fourth-order valence-electron chi connectivity index (χ4n) is 3.29. The van der Waals surface area contributed by atoms with Crippen LogP contribution in [-0.4, -0.2) is 41.2 Å². The largest absolute Gasteiger partial charge is 0.295 e. The smallest absolute Gasteiger partial charge is 0.257 e. The molecule has 5 heteroatoms. The quantitative estimate of drug-likeness (QED) is 0.713. The van der Waals surface area contributed by atoms with Gasteiger partial charge in [0.2, 0.25) is 0 Å². The maximum atomic E-state index is 13.1. The predicted octanol–water partition coefficient (Wildman–Crippen LogP) is 4.97. The van der Waals surface area contributed by atoms with Gasteiger partial charge >= 0.3 is 0 Å². The summed E-state index contributed by atoms with van der Waals surface area (Å²) in [5, 5.41) is 7.05. The Bertz CT molecular complexity index is 906. The van der Waals surface area contributed by atoms with E-state index in [0.717, 1.165) is 16.8 Å². The molecule has 0 saturated heterocycles. The van der Waals surface area contributed by atoms with E-state index < -0.39 is 0 Å². The van der Waals surface area contributed by atoms with E-state index in [1.54, 1.807) is 5.01 Å². The lowest BCUT2D eigenvalue weighted by molar-refractivity contribution is -0.134. The van der Waals surface area contributed by atoms with E-state index in [2.05, 4.69) is 45.9 Å². The Labute approximate surface area is 172 Å². The lowest BCUT2D eigenvalue weighted by Gasteiger charge is -2.26. The number of hydrogen-bond donors (Lipinski definition) is 0. The van der Waals surface area contributed by atoms with Crippen molar-refractivity contribution in [2.75, 3.05) is 13.6 Å². The van der Waals surface area contributed by atoms with Crippen LogP contribution in [0.1, 0.15) is 48.6 Å². The number of amides is 1. The van der Waals surface area contributed by atoms with Gasteiger partial charge in [0.15, 0.2) is 0 Å². The summed E-state index contributed by atoms with van der Waals surface area (Å²) in [6, 6.07) is 14.2. The van der Waals surface area contributed by atoms with E-state index in [1.807, 2.05) is 36.2 Å². The molecule has 28 heavy (non-hydrogen) atoms. The summed E-state index contributed by atoms with van der Waals surface area (Å²) in [6.45, 7) is 8.67. The molecular weight excluding hydrogens is 370 g/mol. The molecule has 0 unspecified atom stereocenters. The zero-order valence-corrected chi connectivity index (χ0v) is 18.0. The van der Waals surface area contributed by atoms with Crippen molar-refractivity contribution in [2.45, 2.75) is 46.2 Å². The molecule has 0 bridgehead atoms. The molecule has 0 N–H and O–H groups in total. The number of aryl methyl sites for hydroxylation is 2. The van der Waals surface area contributed by atoms with Crippen LogP contribution in [0.4, 0.5) is 0 Å². The first kappa shape index (κ1) is 20.6. The topological polar surface area (TPSA) is 35.9 Å². The molecule has 0 aromatic heterocycles. The fraction of sp³-hybridized carbons (Fsp3) is 0.391. The van der Waals surface area contributed by atoms with Gasteiger partial charge in [0.25, 0.3) is 5.91 Å². The van der Waals surface area contributed by atoms with Crippen molar-refractivity contribution in [3.63, 3.8) is 0 Å². The summed E-state index contributed by atoms with van der Waals surface area (Å²) < 4.78 is 0. The molecule has 1 aliphatic rings. The maximum Gasteiger partial charge on any atom is 0.257 e. The molecule has 3 rings (SSSR count). The Morgan fingerprint density at radius 1 is 1.21 bits per heavy atom. The molecule has 1 heterocycles. The second-order valence-corrected chi connectivity index (χ2v) is 8.24. The summed E-state index contributed by atoms with van der Waals surface area (Å²) in [7, 11) is 1.96. The first-order valence-corrected chi connectivity index (χ1v) is 10.1. The zero-order chi connectivity index (χ0) is 20.4. The highest BCUT2D eigenvalue weighted by Crippen LogP contribution is 2.36. The molecule has 0 fully saturated rings. The van der Waals surface area contributed by atoms with E-state index in [4.69, 9.17) is 16.7 Å². The minimum absolute atomic E-state index is 0.0139. The van der Waals surface area contributed by atoms with Crippen molar-refractivity contribution in [3.8, 4) is 0 Å². The lowest BCUT2D eigenvalue weighted by atomic mass is 9.96. The van der Waals surface area contributed by atoms with Gasteiger partial charge in [0, 0.05) is 17.5 Å². The third-order valence-electron chi connectivity index (χ3n) is 5.54. The minimum Gasteiger partial charge on any atom is -0.295 e. The Kier molecular flexibility index (Phi) is 6.21. The average molecular weight is 398 g/mol. The highest BCUT2D eigenvalue weighted by molar-refractivity contribution is 6.31. The SMILES string of the molecule is Cc1ccc(C2=NN(C(=O)CN(C)C(C)C)[C@H](c3ccccc3Cl)C2)cc1C. The first-order valence-electron chi connectivity index (χ1n) is 9.69. The number of carbonyl (C=O) groups excluding carboxylic acids is 1. The summed E-state index contributed by atoms with van der Waals surface area (Å²) in [5.41, 5.74) is 5.39. The highest BCUT2D eigenvalue weighted by Gasteiger charge is 2.34. The van der Waals surface area contributed by atoms with Crippen molar-refractivity contribution in [2.24, 2.45) is 5.10 Å². The third-order valence-corrected chi connectivity index (χ3v) is 5.88. The highest BCUT2D eigenvalue weighted by atomic mass is 35.5. The number of carbonyl (C=O) groups is 1. The Balaban J connectivity index is 1.96. The van der Waals surface area contributed by atoms with Gasteiger partial charge in [-0.2, -0.15) is 5.10 Å². The van der Waals surface area contributed by atoms with Crippen LogP contribution in [0.15, 0.2) is 47.6 Å². The number of rotatable bonds is 5. The summed E-state index contributed by atoms with van der Waals surface area (Å²) in [6.07, 6.45) is 0.656. The Hall–Kier alpha value is -2.17. The molecule has 2 aromatic rings. The van der Waals surface area contributed by atoms with E-state index in [-0.39, 0.29) is 18.0 Å². The Morgan fingerprint density at radius 3 is 2.57 bits per heavy atom. The van der Waals surface area contributed by atoms with Gasteiger partial charge in [-0.25, -0.2) is 5.01 Å². The van der Waals surface area contributed by atoms with Gasteiger partial charge in [-0.05, 0) is 69.1 Å². The zero-order valence-electron chi connectivity index (χ0n) is 17.2. The summed E-state index contributed by atoms with van der Waals surface area (Å²) in [5.74, 6) is -0.0139. The monoisotopic (exact) mass is 397 g/mol. The molecule has 148 valence electrons. The van der Waals surface area contributed by atoms with Gasteiger partial charge in [-0.1, -0.05) is 41.9 Å². The molecule has 1 aliphatic heterocycles. The fourth-order valence-corrected chi connectivity index (χ4v) is 3.55. The van der Waals surface area contributed by atoms with E-state index >= 15 is 0 Å². The van der Waals surface area contributed by atoms with Crippen molar-refractivity contribution in [1.29, 1.82) is 0 Å². The van der Waals surface area contributed by atoms with Gasteiger partial charge in [-0.15, -0.1) is 0 Å². The molecule has 0 radical (unpaired) electrons. The van der Waals surface area contributed by atoms with Gasteiger partial charge in [0.05, 0.1) is 18.3 Å². The molecule has 2 aromatic carbocycles. The summed E-state index contributed by atoms with van der Waals surface area (Å²) >= 11 is 6.47. The van der Waals surface area contributed by atoms with Crippen molar-refractivity contribution < 1.29 is 4.79 Å². The maximum absolute atomic E-state index is 13.1. The van der Waals surface area contributed by atoms with E-state index in [9.17, 15) is 4.79 Å². The van der Waals surface area contributed by atoms with Gasteiger partial charge in [0.1, 0.15) is 0 Å². The molecule has 0 aliphatic carbocycles. The number of benzene rings is 2. The molecule has 1 atom stereocenters. The van der Waals surface area contributed by atoms with Crippen LogP contribution in [0.25, 0.3) is 0 Å². The first-order chi connectivity index (χ1) is 13.3. The number of likely N-dealkylation sites (N-methyl/N-ethyl adjacent to an activating group) is 1. The molecular formula is C23H28ClN3O. The minimum atomic E-state index is -0.182. The van der Waals surface area contributed by atoms with Crippen LogP contribution in [0.5, 0.6) is 0 Å². The predicted molar refractivity (Wildman–Crippen MR) is 116 cm³/mol. The van der Waals surface area contributed by atoms with E-state index in [1.165, 1.54) is 11.1 Å². The number of nitrogens with zero attached hydrogens (tertiary/aromatic N) is 3. The van der Waals surface area contributed by atoms with Gasteiger partial charge in [-0.3, -0.25) is 9.69 Å². The normalized spacial score (nSPS) is 16.8. The Morgan fingerprint density at radius 2 is 1.93 bits per heavy atom. The van der Waals surface area contributed by atoms with Crippen LogP contribution in [-0.2, 0) is 4.79 Å². The molecule has 0 spiro atoms. The second kappa shape index (κ2) is 8.46. The van der Waals surface area contributed by atoms with Crippen molar-refractivity contribution in [3.05, 3.63) is 69.7 Å². The van der Waals surface area contributed by atoms with Crippen molar-refractivity contribution in [1.82, 2.24) is 9.91 Å². The number of hydrazone groups is 1. The standard InChI is InChI=1S/C23H28ClN3O/c1-15(2)26(5)14-23(28)27-22(19-8-6-7-9-20(19)24)13-21(25-27)18-11-10-16(3)17(4)12-18/h6-12,15,22H,13-14H2,1-5H3/t22-/m0/s1. The van der Waals surface area contributed by atoms with Crippen LogP contribution < -0.4 is 0 Å². The van der Waals surface area contributed by atoms with Crippen LogP contribution in [0.3, 0.4) is 0 Å². The third kappa shape index (κ3) is 4.29. The lowest BCUT2D eigenvalue weighted by Crippen LogP contribution is -2.39. The van der Waals surface area contributed by atoms with Crippen LogP contribution in [0, 0.1) is 13.8 Å². The molecule has 0 saturated carbocycles. The molecule has 1 amide bonds. The van der Waals surface area contributed by atoms with Crippen LogP contribution in [0.2, 0.25) is 5.02 Å². The van der Waals surface area contributed by atoms with Crippen LogP contribution >= 0.6 is 11.6 Å².